The van der Waals surface area contributed by atoms with Crippen LogP contribution >= 0.6 is 0 Å². The Bertz CT molecular complexity index is 309. The molecule has 2 atom stereocenters. The Kier molecular flexibility index (Phi) is 3.11. The first kappa shape index (κ1) is 10.3. The molecule has 0 bridgehead atoms. The maximum absolute atomic E-state index is 13.6. The van der Waals surface area contributed by atoms with Crippen LogP contribution in [-0.4, -0.2) is 42.4 Å². The van der Waals surface area contributed by atoms with E-state index in [-0.39, 0.29) is 6.10 Å². The topological polar surface area (TPSA) is 38.2 Å². The average Bonchev–Trinajstić information content (AvgIpc) is 2.30. The van der Waals surface area contributed by atoms with Gasteiger partial charge in [-0.25, -0.2) is 14.4 Å². The first-order valence-corrected chi connectivity index (χ1v) is 5.00. The van der Waals surface area contributed by atoms with Crippen LogP contribution in [0.2, 0.25) is 0 Å². The summed E-state index contributed by atoms with van der Waals surface area (Å²) in [6, 6.07) is 1.75. The molecule has 0 aromatic carbocycles. The third kappa shape index (κ3) is 2.23. The number of aromatic nitrogens is 2. The Morgan fingerprint density at radius 1 is 1.47 bits per heavy atom. The van der Waals surface area contributed by atoms with Crippen molar-refractivity contribution in [3.05, 3.63) is 18.5 Å². The number of hydrogen-bond donors (Lipinski definition) is 0. The molecule has 4 nitrogen and oxygen atoms in total. The Balaban J connectivity index is 2.03. The van der Waals surface area contributed by atoms with Crippen LogP contribution in [0.4, 0.5) is 10.3 Å². The van der Waals surface area contributed by atoms with Crippen molar-refractivity contribution in [1.82, 2.24) is 9.97 Å². The number of alkyl halides is 1. The van der Waals surface area contributed by atoms with E-state index >= 15 is 0 Å². The first-order chi connectivity index (χ1) is 7.31. The summed E-state index contributed by atoms with van der Waals surface area (Å²) in [4.78, 5) is 10.0. The summed E-state index contributed by atoms with van der Waals surface area (Å²) in [5, 5.41) is 0. The molecule has 0 aliphatic carbocycles. The predicted molar refractivity (Wildman–Crippen MR) is 54.6 cm³/mol. The molecule has 2 unspecified atom stereocenters. The lowest BCUT2D eigenvalue weighted by Crippen LogP contribution is -2.46. The van der Waals surface area contributed by atoms with E-state index < -0.39 is 6.17 Å². The molecule has 0 N–H and O–H groups in total. The monoisotopic (exact) mass is 211 g/mol. The molecule has 15 heavy (non-hydrogen) atoms. The van der Waals surface area contributed by atoms with Crippen LogP contribution in [0.3, 0.4) is 0 Å². The number of halogens is 1. The number of methoxy groups -OCH3 is 1. The van der Waals surface area contributed by atoms with Crippen LogP contribution in [-0.2, 0) is 4.74 Å². The van der Waals surface area contributed by atoms with Gasteiger partial charge in [-0.3, -0.25) is 0 Å². The van der Waals surface area contributed by atoms with Gasteiger partial charge in [-0.15, -0.1) is 0 Å². The molecular formula is C10H14FN3O. The molecule has 1 aliphatic rings. The maximum atomic E-state index is 13.6. The van der Waals surface area contributed by atoms with Crippen LogP contribution in [0, 0.1) is 0 Å². The van der Waals surface area contributed by atoms with Gasteiger partial charge in [0.15, 0.2) is 0 Å². The molecule has 1 aromatic rings. The lowest BCUT2D eigenvalue weighted by Gasteiger charge is -2.33. The van der Waals surface area contributed by atoms with Crippen molar-refractivity contribution in [3.8, 4) is 0 Å². The van der Waals surface area contributed by atoms with Gasteiger partial charge in [0.1, 0.15) is 6.17 Å². The number of hydrogen-bond acceptors (Lipinski definition) is 4. The molecule has 82 valence electrons. The minimum absolute atomic E-state index is 0.287. The Morgan fingerprint density at radius 3 is 2.80 bits per heavy atom. The predicted octanol–water partition coefficient (Wildman–Crippen LogP) is 1.04. The number of piperidine rings is 1. The highest BCUT2D eigenvalue weighted by molar-refractivity contribution is 5.29. The minimum Gasteiger partial charge on any atom is -0.378 e. The molecule has 2 rings (SSSR count). The van der Waals surface area contributed by atoms with Crippen molar-refractivity contribution in [3.63, 3.8) is 0 Å². The van der Waals surface area contributed by atoms with Crippen molar-refractivity contribution >= 4 is 5.95 Å². The average molecular weight is 211 g/mol. The van der Waals surface area contributed by atoms with Gasteiger partial charge in [-0.05, 0) is 12.5 Å². The molecule has 1 aliphatic heterocycles. The second-order valence-electron chi connectivity index (χ2n) is 3.57. The third-order valence-corrected chi connectivity index (χ3v) is 2.62. The molecule has 0 radical (unpaired) electrons. The van der Waals surface area contributed by atoms with Gasteiger partial charge in [-0.2, -0.15) is 0 Å². The first-order valence-electron chi connectivity index (χ1n) is 5.00. The van der Waals surface area contributed by atoms with E-state index in [2.05, 4.69) is 9.97 Å². The fraction of sp³-hybridized carbons (Fsp3) is 0.600. The number of nitrogens with zero attached hydrogens (tertiary/aromatic N) is 3. The Hall–Kier alpha value is -1.23. The minimum atomic E-state index is -0.965. The zero-order chi connectivity index (χ0) is 10.7. The summed E-state index contributed by atoms with van der Waals surface area (Å²) in [6.45, 7) is 1.05. The molecule has 0 spiro atoms. The second kappa shape index (κ2) is 4.53. The summed E-state index contributed by atoms with van der Waals surface area (Å²) in [6.07, 6.45) is 2.75. The van der Waals surface area contributed by atoms with E-state index in [1.54, 1.807) is 25.6 Å². The highest BCUT2D eigenvalue weighted by Crippen LogP contribution is 2.19. The van der Waals surface area contributed by atoms with Crippen LogP contribution in [0.25, 0.3) is 0 Å². The maximum Gasteiger partial charge on any atom is 0.225 e. The molecule has 1 aromatic heterocycles. The van der Waals surface area contributed by atoms with Gasteiger partial charge in [-0.1, -0.05) is 0 Å². The largest absolute Gasteiger partial charge is 0.378 e. The van der Waals surface area contributed by atoms with Crippen LogP contribution in [0.5, 0.6) is 0 Å². The second-order valence-corrected chi connectivity index (χ2v) is 3.57. The smallest absolute Gasteiger partial charge is 0.225 e. The van der Waals surface area contributed by atoms with E-state index in [1.165, 1.54) is 0 Å². The highest BCUT2D eigenvalue weighted by Gasteiger charge is 2.29. The Morgan fingerprint density at radius 2 is 2.20 bits per heavy atom. The van der Waals surface area contributed by atoms with Crippen molar-refractivity contribution in [1.29, 1.82) is 0 Å². The van der Waals surface area contributed by atoms with Gasteiger partial charge in [0.05, 0.1) is 12.6 Å². The number of rotatable bonds is 2. The lowest BCUT2D eigenvalue weighted by molar-refractivity contribution is 0.0194. The van der Waals surface area contributed by atoms with Gasteiger partial charge >= 0.3 is 0 Å². The van der Waals surface area contributed by atoms with Gasteiger partial charge in [0, 0.05) is 26.0 Å². The molecule has 1 fully saturated rings. The highest BCUT2D eigenvalue weighted by atomic mass is 19.1. The van der Waals surface area contributed by atoms with E-state index in [0.29, 0.717) is 18.9 Å². The van der Waals surface area contributed by atoms with Crippen molar-refractivity contribution < 1.29 is 9.13 Å². The van der Waals surface area contributed by atoms with Gasteiger partial charge in [0.25, 0.3) is 0 Å². The molecule has 2 heterocycles. The summed E-state index contributed by atoms with van der Waals surface area (Å²) in [5.74, 6) is 0.592. The van der Waals surface area contributed by atoms with E-state index in [4.69, 9.17) is 4.74 Å². The normalized spacial score (nSPS) is 26.7. The van der Waals surface area contributed by atoms with Crippen LogP contribution < -0.4 is 4.90 Å². The molecule has 5 heteroatoms. The SMILES string of the molecule is COC1CCN(c2ncccn2)CC1F. The molecule has 1 saturated heterocycles. The third-order valence-electron chi connectivity index (χ3n) is 2.62. The zero-order valence-electron chi connectivity index (χ0n) is 8.64. The van der Waals surface area contributed by atoms with E-state index in [0.717, 1.165) is 6.54 Å². The van der Waals surface area contributed by atoms with Gasteiger partial charge in [0.2, 0.25) is 5.95 Å². The lowest BCUT2D eigenvalue weighted by atomic mass is 10.1. The van der Waals surface area contributed by atoms with E-state index in [1.807, 2.05) is 4.90 Å². The molecule has 0 saturated carbocycles. The summed E-state index contributed by atoms with van der Waals surface area (Å²) in [5.41, 5.74) is 0. The zero-order valence-corrected chi connectivity index (χ0v) is 8.64. The standard InChI is InChI=1S/C10H14FN3O/c1-15-9-3-6-14(7-8(9)11)10-12-4-2-5-13-10/h2,4-5,8-9H,3,6-7H2,1H3. The van der Waals surface area contributed by atoms with Gasteiger partial charge < -0.3 is 9.64 Å². The Labute approximate surface area is 88.1 Å². The molecule has 0 amide bonds. The summed E-state index contributed by atoms with van der Waals surface area (Å²) >= 11 is 0. The number of anilines is 1. The molecular weight excluding hydrogens is 197 g/mol. The van der Waals surface area contributed by atoms with Crippen LogP contribution in [0.15, 0.2) is 18.5 Å². The van der Waals surface area contributed by atoms with Crippen molar-refractivity contribution in [2.24, 2.45) is 0 Å². The summed E-state index contributed by atoms with van der Waals surface area (Å²) in [7, 11) is 1.55. The van der Waals surface area contributed by atoms with Crippen molar-refractivity contribution in [2.75, 3.05) is 25.1 Å². The van der Waals surface area contributed by atoms with E-state index in [9.17, 15) is 4.39 Å². The van der Waals surface area contributed by atoms with Crippen LogP contribution in [0.1, 0.15) is 6.42 Å². The number of ether oxygens (including phenoxy) is 1. The fourth-order valence-electron chi connectivity index (χ4n) is 1.78. The van der Waals surface area contributed by atoms with Crippen molar-refractivity contribution in [2.45, 2.75) is 18.7 Å². The summed E-state index contributed by atoms with van der Waals surface area (Å²) < 4.78 is 18.6. The quantitative estimate of drug-likeness (QED) is 0.732. The fourth-order valence-corrected chi connectivity index (χ4v) is 1.78.